The summed E-state index contributed by atoms with van der Waals surface area (Å²) in [4.78, 5) is 0. The summed E-state index contributed by atoms with van der Waals surface area (Å²) in [5.41, 5.74) is 9.30. The predicted octanol–water partition coefficient (Wildman–Crippen LogP) is 1.43. The van der Waals surface area contributed by atoms with Crippen LogP contribution < -0.4 is 11.2 Å². The third-order valence-electron chi connectivity index (χ3n) is 1.28. The number of rotatable bonds is 3. The zero-order valence-electron chi connectivity index (χ0n) is 7.07. The van der Waals surface area contributed by atoms with E-state index in [9.17, 15) is 0 Å². The van der Waals surface area contributed by atoms with Gasteiger partial charge >= 0.3 is 0 Å². The molecule has 0 heterocycles. The summed E-state index contributed by atoms with van der Waals surface area (Å²) < 4.78 is 0. The molecule has 0 aliphatic rings. The Bertz CT molecular complexity index is 241. The molecule has 0 saturated heterocycles. The first-order valence-electron chi connectivity index (χ1n) is 3.89. The molecule has 3 nitrogen and oxygen atoms in total. The van der Waals surface area contributed by atoms with Crippen LogP contribution in [0.3, 0.4) is 0 Å². The summed E-state index contributed by atoms with van der Waals surface area (Å²) in [5.74, 6) is 0. The van der Waals surface area contributed by atoms with E-state index < -0.39 is 0 Å². The predicted molar refractivity (Wildman–Crippen MR) is 52.2 cm³/mol. The van der Waals surface area contributed by atoms with Crippen LogP contribution in [0.1, 0.15) is 6.92 Å². The molecule has 1 aromatic carbocycles. The van der Waals surface area contributed by atoms with Crippen molar-refractivity contribution in [1.82, 2.24) is 0 Å². The number of nitrogens with zero attached hydrogens (tertiary/aromatic N) is 1. The third kappa shape index (κ3) is 3.16. The standard InChI is InChI=1S/C9H13N3/c1-8(10)7-11-12-9-5-3-2-4-6-9/h2-8,12H,10H2,1H3/b11-7+. The lowest BCUT2D eigenvalue weighted by Gasteiger charge is -1.98. The van der Waals surface area contributed by atoms with Crippen molar-refractivity contribution in [2.24, 2.45) is 10.8 Å². The Labute approximate surface area is 72.3 Å². The number of benzene rings is 1. The lowest BCUT2D eigenvalue weighted by molar-refractivity contribution is 0.991. The Morgan fingerprint density at radius 1 is 1.42 bits per heavy atom. The minimum atomic E-state index is -0.0128. The van der Waals surface area contributed by atoms with Gasteiger partial charge in [-0.2, -0.15) is 5.10 Å². The van der Waals surface area contributed by atoms with Crippen molar-refractivity contribution in [3.63, 3.8) is 0 Å². The van der Waals surface area contributed by atoms with Gasteiger partial charge in [-0.25, -0.2) is 0 Å². The summed E-state index contributed by atoms with van der Waals surface area (Å²) in [6.07, 6.45) is 1.66. The fourth-order valence-corrected chi connectivity index (χ4v) is 0.742. The van der Waals surface area contributed by atoms with Crippen molar-refractivity contribution in [2.45, 2.75) is 13.0 Å². The molecule has 0 amide bonds. The van der Waals surface area contributed by atoms with Gasteiger partial charge in [0, 0.05) is 12.3 Å². The van der Waals surface area contributed by atoms with Gasteiger partial charge in [-0.3, -0.25) is 5.43 Å². The fourth-order valence-electron chi connectivity index (χ4n) is 0.742. The second kappa shape index (κ2) is 4.51. The smallest absolute Gasteiger partial charge is 0.0561 e. The Balaban J connectivity index is 2.43. The van der Waals surface area contributed by atoms with Crippen LogP contribution in [0.15, 0.2) is 35.4 Å². The van der Waals surface area contributed by atoms with Crippen molar-refractivity contribution >= 4 is 11.9 Å². The minimum Gasteiger partial charge on any atom is -0.323 e. The van der Waals surface area contributed by atoms with E-state index in [1.165, 1.54) is 0 Å². The molecular formula is C9H13N3. The van der Waals surface area contributed by atoms with Gasteiger partial charge in [-0.1, -0.05) is 18.2 Å². The van der Waals surface area contributed by atoms with Crippen LogP contribution in [0.5, 0.6) is 0 Å². The lowest BCUT2D eigenvalue weighted by Crippen LogP contribution is -2.16. The van der Waals surface area contributed by atoms with Gasteiger partial charge in [0.05, 0.1) is 5.69 Å². The van der Waals surface area contributed by atoms with Crippen molar-refractivity contribution in [2.75, 3.05) is 5.43 Å². The molecule has 0 fully saturated rings. The van der Waals surface area contributed by atoms with Crippen molar-refractivity contribution in [3.05, 3.63) is 30.3 Å². The molecule has 0 aliphatic carbocycles. The molecule has 1 unspecified atom stereocenters. The number of nitrogens with one attached hydrogen (secondary N) is 1. The average molecular weight is 163 g/mol. The highest BCUT2D eigenvalue weighted by atomic mass is 15.3. The van der Waals surface area contributed by atoms with Crippen LogP contribution in [0, 0.1) is 0 Å². The zero-order chi connectivity index (χ0) is 8.81. The number of hydrazone groups is 1. The van der Waals surface area contributed by atoms with E-state index in [0.29, 0.717) is 0 Å². The van der Waals surface area contributed by atoms with E-state index in [2.05, 4.69) is 10.5 Å². The van der Waals surface area contributed by atoms with Gasteiger partial charge < -0.3 is 5.73 Å². The summed E-state index contributed by atoms with van der Waals surface area (Å²) in [6, 6.07) is 9.73. The normalized spacial score (nSPS) is 13.2. The lowest BCUT2D eigenvalue weighted by atomic mass is 10.3. The first kappa shape index (κ1) is 8.74. The van der Waals surface area contributed by atoms with E-state index in [4.69, 9.17) is 5.73 Å². The van der Waals surface area contributed by atoms with Crippen LogP contribution in [-0.2, 0) is 0 Å². The molecule has 1 atom stereocenters. The second-order valence-electron chi connectivity index (χ2n) is 2.62. The van der Waals surface area contributed by atoms with Gasteiger partial charge in [0.15, 0.2) is 0 Å². The molecule has 64 valence electrons. The highest BCUT2D eigenvalue weighted by molar-refractivity contribution is 5.64. The number of anilines is 1. The topological polar surface area (TPSA) is 50.4 Å². The number of hydrogen-bond acceptors (Lipinski definition) is 3. The van der Waals surface area contributed by atoms with E-state index in [1.54, 1.807) is 6.21 Å². The Hall–Kier alpha value is -1.35. The van der Waals surface area contributed by atoms with Gasteiger partial charge in [0.1, 0.15) is 0 Å². The second-order valence-corrected chi connectivity index (χ2v) is 2.62. The highest BCUT2D eigenvalue weighted by Gasteiger charge is 1.85. The van der Waals surface area contributed by atoms with E-state index in [-0.39, 0.29) is 6.04 Å². The van der Waals surface area contributed by atoms with E-state index in [1.807, 2.05) is 37.3 Å². The van der Waals surface area contributed by atoms with Crippen molar-refractivity contribution < 1.29 is 0 Å². The van der Waals surface area contributed by atoms with Crippen molar-refractivity contribution in [3.8, 4) is 0 Å². The number of hydrogen-bond donors (Lipinski definition) is 2. The molecule has 12 heavy (non-hydrogen) atoms. The van der Waals surface area contributed by atoms with Crippen LogP contribution in [0.2, 0.25) is 0 Å². The van der Waals surface area contributed by atoms with Gasteiger partial charge in [0.2, 0.25) is 0 Å². The Morgan fingerprint density at radius 3 is 2.67 bits per heavy atom. The summed E-state index contributed by atoms with van der Waals surface area (Å²) in [5, 5.41) is 3.94. The molecule has 1 rings (SSSR count). The Morgan fingerprint density at radius 2 is 2.08 bits per heavy atom. The maximum Gasteiger partial charge on any atom is 0.0561 e. The minimum absolute atomic E-state index is 0.0128. The first-order chi connectivity index (χ1) is 5.79. The molecular weight excluding hydrogens is 150 g/mol. The zero-order valence-corrected chi connectivity index (χ0v) is 7.07. The van der Waals surface area contributed by atoms with E-state index >= 15 is 0 Å². The van der Waals surface area contributed by atoms with Gasteiger partial charge in [-0.05, 0) is 19.1 Å². The van der Waals surface area contributed by atoms with E-state index in [0.717, 1.165) is 5.69 Å². The largest absolute Gasteiger partial charge is 0.323 e. The molecule has 0 saturated carbocycles. The average Bonchev–Trinajstić information content (AvgIpc) is 2.05. The molecule has 0 spiro atoms. The maximum atomic E-state index is 5.47. The summed E-state index contributed by atoms with van der Waals surface area (Å²) in [6.45, 7) is 1.87. The summed E-state index contributed by atoms with van der Waals surface area (Å²) in [7, 11) is 0. The molecule has 0 bridgehead atoms. The van der Waals surface area contributed by atoms with Crippen LogP contribution in [0.25, 0.3) is 0 Å². The quantitative estimate of drug-likeness (QED) is 0.523. The van der Waals surface area contributed by atoms with Crippen molar-refractivity contribution in [1.29, 1.82) is 0 Å². The van der Waals surface area contributed by atoms with Crippen LogP contribution in [-0.4, -0.2) is 12.3 Å². The summed E-state index contributed by atoms with van der Waals surface area (Å²) >= 11 is 0. The Kier molecular flexibility index (Phi) is 3.29. The highest BCUT2D eigenvalue weighted by Crippen LogP contribution is 2.03. The van der Waals surface area contributed by atoms with Gasteiger partial charge in [-0.15, -0.1) is 0 Å². The molecule has 0 aromatic heterocycles. The van der Waals surface area contributed by atoms with Gasteiger partial charge in [0.25, 0.3) is 0 Å². The monoisotopic (exact) mass is 163 g/mol. The van der Waals surface area contributed by atoms with Crippen LogP contribution in [0.4, 0.5) is 5.69 Å². The molecule has 0 aliphatic heterocycles. The third-order valence-corrected chi connectivity index (χ3v) is 1.28. The molecule has 1 aromatic rings. The number of para-hydroxylation sites is 1. The van der Waals surface area contributed by atoms with Crippen LogP contribution >= 0.6 is 0 Å². The molecule has 3 heteroatoms. The fraction of sp³-hybridized carbons (Fsp3) is 0.222. The molecule has 0 radical (unpaired) electrons. The SMILES string of the molecule is CC(N)/C=N/Nc1ccccc1. The maximum absolute atomic E-state index is 5.47. The number of nitrogens with two attached hydrogens (primary N) is 1. The first-order valence-corrected chi connectivity index (χ1v) is 3.89. The molecule has 3 N–H and O–H groups in total.